The number of aliphatic hydroxyl groups excluding tert-OH is 1. The Morgan fingerprint density at radius 3 is 2.70 bits per heavy atom. The second-order valence-corrected chi connectivity index (χ2v) is 6.55. The van der Waals surface area contributed by atoms with Gasteiger partial charge in [0, 0.05) is 31.3 Å². The molecule has 2 rings (SSSR count). The maximum Gasteiger partial charge on any atom is 0.410 e. The Bertz CT molecular complexity index is 565. The normalized spacial score (nSPS) is 14.4. The highest BCUT2D eigenvalue weighted by Crippen LogP contribution is 2.32. The molecule has 0 unspecified atom stereocenters. The molecule has 23 heavy (non-hydrogen) atoms. The van der Waals surface area contributed by atoms with Crippen molar-refractivity contribution in [2.24, 2.45) is 0 Å². The highest BCUT2D eigenvalue weighted by atomic mass is 16.7. The van der Waals surface area contributed by atoms with Crippen LogP contribution in [-0.2, 0) is 29.0 Å². The van der Waals surface area contributed by atoms with Crippen LogP contribution in [-0.4, -0.2) is 42.1 Å². The van der Waals surface area contributed by atoms with Crippen LogP contribution in [0.25, 0.3) is 0 Å². The van der Waals surface area contributed by atoms with Crippen LogP contribution < -0.4 is 4.74 Å². The predicted molar refractivity (Wildman–Crippen MR) is 85.2 cm³/mol. The van der Waals surface area contributed by atoms with Gasteiger partial charge in [-0.2, -0.15) is 0 Å². The molecule has 1 aliphatic rings. The SMILES string of the molecule is COCOc1c(CO)ccc2c1CCN(C(=O)OC(C)(C)C)C2. The summed E-state index contributed by atoms with van der Waals surface area (Å²) in [6.07, 6.45) is 0.343. The van der Waals surface area contributed by atoms with E-state index in [0.29, 0.717) is 25.3 Å². The summed E-state index contributed by atoms with van der Waals surface area (Å²) in [7, 11) is 1.55. The van der Waals surface area contributed by atoms with E-state index in [4.69, 9.17) is 14.2 Å². The number of aliphatic hydroxyl groups is 1. The molecule has 1 amide bonds. The molecule has 0 saturated carbocycles. The molecular weight excluding hydrogens is 298 g/mol. The molecule has 0 fully saturated rings. The fraction of sp³-hybridized carbons (Fsp3) is 0.588. The molecule has 6 heteroatoms. The fourth-order valence-electron chi connectivity index (χ4n) is 2.58. The van der Waals surface area contributed by atoms with E-state index >= 15 is 0 Å². The van der Waals surface area contributed by atoms with Gasteiger partial charge in [0.05, 0.1) is 6.61 Å². The maximum atomic E-state index is 12.2. The van der Waals surface area contributed by atoms with Crippen molar-refractivity contribution in [3.63, 3.8) is 0 Å². The van der Waals surface area contributed by atoms with Gasteiger partial charge >= 0.3 is 6.09 Å². The second kappa shape index (κ2) is 7.19. The van der Waals surface area contributed by atoms with Crippen molar-refractivity contribution >= 4 is 6.09 Å². The zero-order valence-electron chi connectivity index (χ0n) is 14.2. The summed E-state index contributed by atoms with van der Waals surface area (Å²) in [5.41, 5.74) is 2.25. The lowest BCUT2D eigenvalue weighted by Crippen LogP contribution is -2.40. The lowest BCUT2D eigenvalue weighted by molar-refractivity contribution is 0.0217. The van der Waals surface area contributed by atoms with Crippen molar-refractivity contribution in [3.8, 4) is 5.75 Å². The van der Waals surface area contributed by atoms with Crippen molar-refractivity contribution in [2.45, 2.75) is 45.9 Å². The number of hydrogen-bond acceptors (Lipinski definition) is 5. The summed E-state index contributed by atoms with van der Waals surface area (Å²) in [5.74, 6) is 0.663. The topological polar surface area (TPSA) is 68.2 Å². The molecule has 0 aromatic heterocycles. The van der Waals surface area contributed by atoms with Crippen molar-refractivity contribution in [1.82, 2.24) is 4.90 Å². The molecule has 1 aliphatic heterocycles. The average molecular weight is 323 g/mol. The number of rotatable bonds is 4. The minimum absolute atomic E-state index is 0.0951. The number of fused-ring (bicyclic) bond motifs is 1. The first-order valence-electron chi connectivity index (χ1n) is 7.70. The number of amides is 1. The third-order valence-electron chi connectivity index (χ3n) is 3.58. The molecular formula is C17H25NO5. The van der Waals surface area contributed by atoms with E-state index in [1.807, 2.05) is 32.9 Å². The van der Waals surface area contributed by atoms with Gasteiger partial charge in [-0.15, -0.1) is 0 Å². The highest BCUT2D eigenvalue weighted by molar-refractivity contribution is 5.69. The molecule has 0 bridgehead atoms. The monoisotopic (exact) mass is 323 g/mol. The molecule has 0 spiro atoms. The first kappa shape index (κ1) is 17.6. The van der Waals surface area contributed by atoms with Gasteiger partial charge in [0.25, 0.3) is 0 Å². The van der Waals surface area contributed by atoms with E-state index in [0.717, 1.165) is 16.7 Å². The van der Waals surface area contributed by atoms with Crippen molar-refractivity contribution in [1.29, 1.82) is 0 Å². The first-order chi connectivity index (χ1) is 10.9. The quantitative estimate of drug-likeness (QED) is 0.862. The Morgan fingerprint density at radius 2 is 2.09 bits per heavy atom. The van der Waals surface area contributed by atoms with E-state index in [9.17, 15) is 9.90 Å². The molecule has 1 N–H and O–H groups in total. The summed E-state index contributed by atoms with van der Waals surface area (Å²) in [6, 6.07) is 3.75. The number of nitrogens with zero attached hydrogens (tertiary/aromatic N) is 1. The van der Waals surface area contributed by atoms with Gasteiger partial charge in [-0.05, 0) is 32.8 Å². The van der Waals surface area contributed by atoms with E-state index in [2.05, 4.69) is 0 Å². The summed E-state index contributed by atoms with van der Waals surface area (Å²) in [5, 5.41) is 9.48. The van der Waals surface area contributed by atoms with Gasteiger partial charge < -0.3 is 24.2 Å². The lowest BCUT2D eigenvalue weighted by Gasteiger charge is -2.32. The zero-order valence-corrected chi connectivity index (χ0v) is 14.2. The smallest absolute Gasteiger partial charge is 0.410 e. The second-order valence-electron chi connectivity index (χ2n) is 6.55. The Labute approximate surface area is 136 Å². The third kappa shape index (κ3) is 4.36. The van der Waals surface area contributed by atoms with Gasteiger partial charge in [0.15, 0.2) is 6.79 Å². The number of ether oxygens (including phenoxy) is 3. The van der Waals surface area contributed by atoms with E-state index in [1.165, 1.54) is 0 Å². The Balaban J connectivity index is 2.20. The lowest BCUT2D eigenvalue weighted by atomic mass is 9.96. The van der Waals surface area contributed by atoms with Gasteiger partial charge in [-0.3, -0.25) is 0 Å². The number of hydrogen-bond donors (Lipinski definition) is 1. The summed E-state index contributed by atoms with van der Waals surface area (Å²) < 4.78 is 16.0. The number of carbonyl (C=O) groups is 1. The molecule has 1 aromatic carbocycles. The summed E-state index contributed by atoms with van der Waals surface area (Å²) in [4.78, 5) is 13.9. The number of methoxy groups -OCH3 is 1. The molecule has 0 radical (unpaired) electrons. The number of carbonyl (C=O) groups excluding carboxylic acids is 1. The van der Waals surface area contributed by atoms with E-state index in [1.54, 1.807) is 12.0 Å². The summed E-state index contributed by atoms with van der Waals surface area (Å²) >= 11 is 0. The fourth-order valence-corrected chi connectivity index (χ4v) is 2.58. The van der Waals surface area contributed by atoms with Crippen LogP contribution >= 0.6 is 0 Å². The van der Waals surface area contributed by atoms with E-state index < -0.39 is 5.60 Å². The Morgan fingerprint density at radius 1 is 1.35 bits per heavy atom. The number of benzene rings is 1. The van der Waals surface area contributed by atoms with Crippen LogP contribution in [0.2, 0.25) is 0 Å². The molecule has 1 aromatic rings. The van der Waals surface area contributed by atoms with Crippen LogP contribution in [0.3, 0.4) is 0 Å². The largest absolute Gasteiger partial charge is 0.467 e. The molecule has 0 saturated heterocycles. The third-order valence-corrected chi connectivity index (χ3v) is 3.58. The van der Waals surface area contributed by atoms with Crippen LogP contribution in [0.4, 0.5) is 4.79 Å². The minimum Gasteiger partial charge on any atom is -0.467 e. The van der Waals surface area contributed by atoms with Gasteiger partial charge in [-0.25, -0.2) is 4.79 Å². The molecule has 0 atom stereocenters. The molecule has 6 nitrogen and oxygen atoms in total. The molecule has 0 aliphatic carbocycles. The van der Waals surface area contributed by atoms with Crippen LogP contribution in [0, 0.1) is 0 Å². The van der Waals surface area contributed by atoms with Crippen molar-refractivity contribution in [2.75, 3.05) is 20.4 Å². The Hall–Kier alpha value is -1.79. The average Bonchev–Trinajstić information content (AvgIpc) is 2.50. The van der Waals surface area contributed by atoms with Crippen LogP contribution in [0.15, 0.2) is 12.1 Å². The zero-order chi connectivity index (χ0) is 17.0. The van der Waals surface area contributed by atoms with E-state index in [-0.39, 0.29) is 19.5 Å². The maximum absolute atomic E-state index is 12.2. The van der Waals surface area contributed by atoms with Crippen molar-refractivity contribution < 1.29 is 24.1 Å². The standard InChI is InChI=1S/C17H25NO5/c1-17(2,3)23-16(20)18-8-7-14-12(9-18)5-6-13(10-19)15(14)22-11-21-4/h5-6,19H,7-11H2,1-4H3. The van der Waals surface area contributed by atoms with Crippen molar-refractivity contribution in [3.05, 3.63) is 28.8 Å². The first-order valence-corrected chi connectivity index (χ1v) is 7.70. The minimum atomic E-state index is -0.509. The molecule has 128 valence electrons. The highest BCUT2D eigenvalue weighted by Gasteiger charge is 2.27. The Kier molecular flexibility index (Phi) is 5.49. The predicted octanol–water partition coefficient (Wildman–Crippen LogP) is 2.45. The van der Waals surface area contributed by atoms with Crippen LogP contribution in [0.1, 0.15) is 37.5 Å². The molecule has 1 heterocycles. The summed E-state index contributed by atoms with van der Waals surface area (Å²) in [6.45, 7) is 6.62. The van der Waals surface area contributed by atoms with Crippen LogP contribution in [0.5, 0.6) is 5.75 Å². The van der Waals surface area contributed by atoms with Gasteiger partial charge in [-0.1, -0.05) is 12.1 Å². The van der Waals surface area contributed by atoms with Gasteiger partial charge in [0.2, 0.25) is 0 Å². The van der Waals surface area contributed by atoms with Gasteiger partial charge in [0.1, 0.15) is 11.4 Å².